The lowest BCUT2D eigenvalue weighted by molar-refractivity contribution is 0.0361. The molecule has 0 atom stereocenters. The van der Waals surface area contributed by atoms with Crippen molar-refractivity contribution in [2.45, 2.75) is 116 Å². The van der Waals surface area contributed by atoms with Crippen LogP contribution in [0, 0.1) is 39.3 Å². The van der Waals surface area contributed by atoms with Gasteiger partial charge < -0.3 is 59.1 Å². The van der Waals surface area contributed by atoms with Gasteiger partial charge >= 0.3 is 0 Å². The molecule has 126 heavy (non-hydrogen) atoms. The highest BCUT2D eigenvalue weighted by atomic mass is 19.1. The molecule has 28 heteroatoms. The maximum atomic E-state index is 13.8. The van der Waals surface area contributed by atoms with Crippen molar-refractivity contribution in [2.75, 3.05) is 153 Å². The number of aryl methyl sites for hydroxylation is 4. The number of likely N-dealkylation sites (tertiary alicyclic amines) is 4. The molecule has 6 fully saturated rings. The number of nitrogens with zero attached hydrogens (tertiary/aromatic N) is 13. The standard InChI is InChI=1S/C18H23N5O.C17H20N4O2.C17H20N4O.C16H20N2O.2C15H17FN2O/c1-13-16-14-5-3-4-6-15(14)18(24)19-17(16)23(20-13)12-11-22-9-7-21(2)8-10-22;1-12-15-13-4-2-3-5-14(13)17(22)18-16(15)21(19-12)7-6-20-8-10-23-11-9-20;1-12-15-13-6-2-3-7-14(13)17(22)18-16(15)21(19-12)11-10-20-8-4-5-9-20;1-11-3-4-13-14(9-11)16(19)17-10-15(13)12-5-7-18(2)8-6-12;1-18-6-4-10(5-7-18)14-9-17-15(19)12-3-2-11(16)8-13(12)14;1-18-7-5-10(6-8-18)12-9-17-15(19)14-11(12)3-2-4-13(14)16/h3-6H,7-12H2,1-2H3,(H,19,24);2-5H,6-11H2,1H3,(H,18,22);2-3,6-7H,4-5,8-11H2,1H3,(H,18,22);3-4,9-10,12H,5-8H2,1-2H3,(H,17,19);2-3,8-10H,4-7H2,1H3,(H,17,19);2-4,9-10H,5-8H2,1H3,(H,17,19). The summed E-state index contributed by atoms with van der Waals surface area (Å²) in [6.45, 7) is 30.0. The third-order valence-corrected chi connectivity index (χ3v) is 26.6. The number of piperidine rings is 3. The van der Waals surface area contributed by atoms with Crippen LogP contribution in [0.5, 0.6) is 0 Å². The Morgan fingerprint density at radius 3 is 1.13 bits per heavy atom. The van der Waals surface area contributed by atoms with Crippen molar-refractivity contribution in [3.8, 4) is 0 Å². The molecule has 9 aromatic heterocycles. The largest absolute Gasteiger partial charge is 0.379 e. The van der Waals surface area contributed by atoms with E-state index in [1.807, 2.05) is 133 Å². The second-order valence-corrected chi connectivity index (χ2v) is 35.1. The highest BCUT2D eigenvalue weighted by Gasteiger charge is 2.27. The average molecular weight is 1710 g/mol. The smallest absolute Gasteiger partial charge is 0.258 e. The molecule has 6 aromatic carbocycles. The Morgan fingerprint density at radius 1 is 0.333 bits per heavy atom. The molecule has 15 heterocycles. The molecule has 0 amide bonds. The topological polar surface area (TPSA) is 283 Å². The highest BCUT2D eigenvalue weighted by molar-refractivity contribution is 6.07. The molecule has 15 aromatic rings. The molecule has 21 rings (SSSR count). The zero-order valence-corrected chi connectivity index (χ0v) is 73.7. The Morgan fingerprint density at radius 2 is 0.690 bits per heavy atom. The van der Waals surface area contributed by atoms with Gasteiger partial charge in [0.05, 0.1) is 55.3 Å². The van der Waals surface area contributed by atoms with Crippen molar-refractivity contribution in [3.05, 3.63) is 259 Å². The summed E-state index contributed by atoms with van der Waals surface area (Å²) in [5.74, 6) is 0.647. The molecule has 0 radical (unpaired) electrons. The van der Waals surface area contributed by atoms with E-state index in [1.54, 1.807) is 24.5 Å². The van der Waals surface area contributed by atoms with Crippen LogP contribution in [0.3, 0.4) is 0 Å². The van der Waals surface area contributed by atoms with Crippen molar-refractivity contribution in [3.63, 3.8) is 0 Å². The number of pyridine rings is 6. The van der Waals surface area contributed by atoms with Crippen LogP contribution in [0.1, 0.15) is 108 Å². The Kier molecular flexibility index (Phi) is 27.7. The molecule has 6 saturated heterocycles. The van der Waals surface area contributed by atoms with Gasteiger partial charge in [0.2, 0.25) is 0 Å². The fraction of sp³-hybridized carbons (Fsp3) is 0.418. The predicted octanol–water partition coefficient (Wildman–Crippen LogP) is 12.8. The first kappa shape index (κ1) is 88.0. The van der Waals surface area contributed by atoms with E-state index in [0.717, 1.165) is 277 Å². The molecular weight excluding hydrogens is 1590 g/mol. The number of H-pyrrole nitrogens is 6. The Hall–Kier alpha value is -11.5. The summed E-state index contributed by atoms with van der Waals surface area (Å²) in [4.78, 5) is 107. The molecule has 0 bridgehead atoms. The van der Waals surface area contributed by atoms with E-state index >= 15 is 0 Å². The number of fused-ring (bicyclic) bond motifs is 12. The number of benzene rings is 6. The van der Waals surface area contributed by atoms with E-state index in [4.69, 9.17) is 4.74 Å². The fourth-order valence-electron chi connectivity index (χ4n) is 19.3. The number of likely N-dealkylation sites (N-methyl/N-ethyl adjacent to an activating group) is 1. The molecule has 660 valence electrons. The van der Waals surface area contributed by atoms with Gasteiger partial charge in [0, 0.05) is 121 Å². The molecular formula is C98H117F2N19O7. The molecule has 0 unspecified atom stereocenters. The molecule has 26 nitrogen and oxygen atoms in total. The second-order valence-electron chi connectivity index (χ2n) is 35.1. The van der Waals surface area contributed by atoms with Crippen LogP contribution in [0.4, 0.5) is 8.78 Å². The monoisotopic (exact) mass is 1710 g/mol. The Balaban J connectivity index is 0.000000112. The normalized spacial score (nSPS) is 17.2. The predicted molar refractivity (Wildman–Crippen MR) is 501 cm³/mol. The number of hydrogen-bond donors (Lipinski definition) is 6. The highest BCUT2D eigenvalue weighted by Crippen LogP contribution is 2.36. The van der Waals surface area contributed by atoms with Crippen molar-refractivity contribution in [2.24, 2.45) is 0 Å². The van der Waals surface area contributed by atoms with E-state index in [2.05, 4.69) is 120 Å². The summed E-state index contributed by atoms with van der Waals surface area (Å²) >= 11 is 0. The third kappa shape index (κ3) is 19.7. The van der Waals surface area contributed by atoms with Gasteiger partial charge in [-0.25, -0.2) is 22.8 Å². The molecule has 0 saturated carbocycles. The second kappa shape index (κ2) is 39.6. The summed E-state index contributed by atoms with van der Waals surface area (Å²) < 4.78 is 38.5. The van der Waals surface area contributed by atoms with Crippen molar-refractivity contribution < 1.29 is 13.5 Å². The van der Waals surface area contributed by atoms with Crippen LogP contribution < -0.4 is 33.4 Å². The number of ether oxygens (including phenoxy) is 1. The Bertz CT molecular complexity index is 6750. The first-order chi connectivity index (χ1) is 61.1. The maximum absolute atomic E-state index is 13.8. The van der Waals surface area contributed by atoms with E-state index in [-0.39, 0.29) is 44.6 Å². The van der Waals surface area contributed by atoms with Crippen molar-refractivity contribution in [1.82, 2.24) is 93.5 Å². The summed E-state index contributed by atoms with van der Waals surface area (Å²) in [6, 6.07) is 38.7. The SMILES string of the molecule is CN1CCC(c2c[nH]c(=O)c3c(F)cccc23)CC1.CN1CCC(c2c[nH]c(=O)c3ccc(F)cc23)CC1.Cc1ccc2c(C3CCN(C)CC3)c[nH]c(=O)c2c1.Cc1nn(CCN2CCCC2)c2[nH]c(=O)c3ccccc3c12.Cc1nn(CCN2CCN(C)CC2)c2[nH]c(=O)c3ccccc3c12.Cc1nn(CCN2CCOCC2)c2[nH]c(=O)c3ccccc3c12. The number of rotatable bonds is 12. The number of aromatic nitrogens is 12. The van der Waals surface area contributed by atoms with E-state index in [0.29, 0.717) is 23.1 Å². The molecule has 6 N–H and O–H groups in total. The van der Waals surface area contributed by atoms with Gasteiger partial charge in [0.25, 0.3) is 33.4 Å². The van der Waals surface area contributed by atoms with Crippen LogP contribution in [-0.4, -0.2) is 246 Å². The van der Waals surface area contributed by atoms with Gasteiger partial charge in [0.1, 0.15) is 28.6 Å². The van der Waals surface area contributed by atoms with Gasteiger partial charge in [-0.15, -0.1) is 0 Å². The molecule has 6 aliphatic heterocycles. The molecule has 0 aliphatic carbocycles. The van der Waals surface area contributed by atoms with Crippen LogP contribution in [-0.2, 0) is 24.4 Å². The first-order valence-electron chi connectivity index (χ1n) is 44.7. The van der Waals surface area contributed by atoms with Gasteiger partial charge in [-0.05, 0) is 275 Å². The summed E-state index contributed by atoms with van der Waals surface area (Å²) in [7, 11) is 8.56. The lowest BCUT2D eigenvalue weighted by Gasteiger charge is -2.32. The lowest BCUT2D eigenvalue weighted by atomic mass is 9.87. The Labute approximate surface area is 729 Å². The van der Waals surface area contributed by atoms with E-state index in [1.165, 1.54) is 62.5 Å². The zero-order valence-electron chi connectivity index (χ0n) is 73.7. The fourth-order valence-corrected chi connectivity index (χ4v) is 19.3. The van der Waals surface area contributed by atoms with Crippen LogP contribution in [0.15, 0.2) is 175 Å². The number of hydrogen-bond acceptors (Lipinski definition) is 17. The summed E-state index contributed by atoms with van der Waals surface area (Å²) in [5.41, 5.74) is 9.39. The zero-order chi connectivity index (χ0) is 87.8. The first-order valence-corrected chi connectivity index (χ1v) is 44.7. The quantitative estimate of drug-likeness (QED) is 0.0663. The number of halogens is 2. The minimum absolute atomic E-state index is 0.0235. The lowest BCUT2D eigenvalue weighted by Crippen LogP contribution is -2.45. The number of aromatic amines is 6. The summed E-state index contributed by atoms with van der Waals surface area (Å²) in [6.07, 6.45) is 14.6. The van der Waals surface area contributed by atoms with Crippen molar-refractivity contribution >= 4 is 97.7 Å². The number of morpholine rings is 1. The van der Waals surface area contributed by atoms with Gasteiger partial charge in [-0.1, -0.05) is 84.4 Å². The minimum atomic E-state index is -0.437. The van der Waals surface area contributed by atoms with Gasteiger partial charge in [0.15, 0.2) is 0 Å². The number of piperazine rings is 1. The van der Waals surface area contributed by atoms with E-state index in [9.17, 15) is 37.5 Å². The average Bonchev–Trinajstić information content (AvgIpc) is 1.62. The van der Waals surface area contributed by atoms with Gasteiger partial charge in [-0.3, -0.25) is 38.6 Å². The molecule has 6 aliphatic rings. The number of nitrogens with one attached hydrogen (secondary N) is 6. The molecule has 0 spiro atoms. The maximum Gasteiger partial charge on any atom is 0.258 e. The third-order valence-electron chi connectivity index (χ3n) is 26.6. The summed E-state index contributed by atoms with van der Waals surface area (Å²) in [5, 5.41) is 26.6. The van der Waals surface area contributed by atoms with Crippen LogP contribution in [0.2, 0.25) is 0 Å². The minimum Gasteiger partial charge on any atom is -0.379 e. The van der Waals surface area contributed by atoms with E-state index < -0.39 is 5.82 Å². The van der Waals surface area contributed by atoms with Gasteiger partial charge in [-0.2, -0.15) is 15.3 Å². The van der Waals surface area contributed by atoms with Crippen LogP contribution in [0.25, 0.3) is 97.7 Å². The van der Waals surface area contributed by atoms with Crippen molar-refractivity contribution in [1.29, 1.82) is 0 Å². The van der Waals surface area contributed by atoms with Crippen LogP contribution >= 0.6 is 0 Å².